The van der Waals surface area contributed by atoms with Gasteiger partial charge >= 0.3 is 0 Å². The number of aromatic nitrogens is 3. The molecule has 2 aromatic carbocycles. The van der Waals surface area contributed by atoms with Crippen molar-refractivity contribution in [2.45, 2.75) is 6.92 Å². The fourth-order valence-electron chi connectivity index (χ4n) is 5.37. The summed E-state index contributed by atoms with van der Waals surface area (Å²) in [5.74, 6) is 0.762. The highest BCUT2D eigenvalue weighted by atomic mass is 35.5. The minimum absolute atomic E-state index is 0.000494. The van der Waals surface area contributed by atoms with Crippen molar-refractivity contribution in [3.8, 4) is 11.5 Å². The molecule has 2 aliphatic rings. The molecule has 0 aliphatic carbocycles. The van der Waals surface area contributed by atoms with Crippen LogP contribution in [-0.4, -0.2) is 84.2 Å². The van der Waals surface area contributed by atoms with E-state index in [9.17, 15) is 4.79 Å². The smallest absolute Gasteiger partial charge is 0.246 e. The quantitative estimate of drug-likeness (QED) is 0.348. The second kappa shape index (κ2) is 10.9. The average Bonchev–Trinajstić information content (AvgIpc) is 3.32. The standard InChI is InChI=1S/C29H31ClN8O3/c1-4-35-11-13-36(14-12-35)19-7-5-18(6-8-19)33-38-29(31)37-25(34-38)10-9-21-27(32-17-23(39)28(21)37)22-15-20(40-2)16-24(41-3)26(22)30/h5-10,15-16,31,33H,4,11-14,17H2,1-3H3. The predicted octanol–water partition coefficient (Wildman–Crippen LogP) is 3.34. The van der Waals surface area contributed by atoms with E-state index >= 15 is 0 Å². The van der Waals surface area contributed by atoms with Gasteiger partial charge in [0.1, 0.15) is 23.7 Å². The number of carbonyl (C=O) groups is 1. The van der Waals surface area contributed by atoms with Gasteiger partial charge < -0.3 is 19.3 Å². The molecule has 0 unspecified atom stereocenters. The van der Waals surface area contributed by atoms with Crippen molar-refractivity contribution in [2.24, 2.45) is 4.99 Å². The molecule has 0 bridgehead atoms. The highest BCUT2D eigenvalue weighted by Gasteiger charge is 2.28. The van der Waals surface area contributed by atoms with Crippen LogP contribution in [0.1, 0.15) is 28.5 Å². The zero-order chi connectivity index (χ0) is 28.7. The van der Waals surface area contributed by atoms with Gasteiger partial charge in [-0.25, -0.2) is 0 Å². The van der Waals surface area contributed by atoms with Gasteiger partial charge in [0.05, 0.1) is 30.6 Å². The molecule has 11 nitrogen and oxygen atoms in total. The predicted molar refractivity (Wildman–Crippen MR) is 158 cm³/mol. The molecular weight excluding hydrogens is 544 g/mol. The Labute approximate surface area is 242 Å². The number of rotatable bonds is 7. The lowest BCUT2D eigenvalue weighted by atomic mass is 9.95. The van der Waals surface area contributed by atoms with Crippen molar-refractivity contribution in [2.75, 3.05) is 63.8 Å². The largest absolute Gasteiger partial charge is 0.497 e. The molecule has 0 amide bonds. The molecule has 41 heavy (non-hydrogen) atoms. The molecule has 4 heterocycles. The molecular formula is C29H31ClN8O3. The summed E-state index contributed by atoms with van der Waals surface area (Å²) < 4.78 is 12.4. The molecule has 12 heteroatoms. The SMILES string of the molecule is CCN1CCN(c2ccc(Nn3nc4ccc5c(n4c3=N)C(=O)CN=C5c3cc(OC)cc(OC)c3Cl)cc2)CC1. The van der Waals surface area contributed by atoms with E-state index in [0.29, 0.717) is 44.7 Å². The maximum atomic E-state index is 13.2. The molecule has 6 rings (SSSR count). The number of ether oxygens (including phenoxy) is 2. The average molecular weight is 575 g/mol. The van der Waals surface area contributed by atoms with Crippen LogP contribution in [0, 0.1) is 5.41 Å². The van der Waals surface area contributed by atoms with Crippen LogP contribution in [0.2, 0.25) is 5.02 Å². The summed E-state index contributed by atoms with van der Waals surface area (Å²) in [5, 5.41) is 13.8. The summed E-state index contributed by atoms with van der Waals surface area (Å²) in [6, 6.07) is 15.1. The Bertz CT molecular complexity index is 1720. The number of fused-ring (bicyclic) bond motifs is 3. The number of nitrogens with zero attached hydrogens (tertiary/aromatic N) is 6. The molecule has 1 fully saturated rings. The van der Waals surface area contributed by atoms with Crippen LogP contribution in [0.5, 0.6) is 11.5 Å². The maximum Gasteiger partial charge on any atom is 0.246 e. The van der Waals surface area contributed by atoms with E-state index in [1.54, 1.807) is 31.4 Å². The van der Waals surface area contributed by atoms with Crippen LogP contribution in [0.15, 0.2) is 53.5 Å². The van der Waals surface area contributed by atoms with Crippen LogP contribution in [0.25, 0.3) is 5.65 Å². The Hall–Kier alpha value is -4.35. The van der Waals surface area contributed by atoms with E-state index in [4.69, 9.17) is 26.5 Å². The van der Waals surface area contributed by atoms with Crippen molar-refractivity contribution in [3.63, 3.8) is 0 Å². The molecule has 2 aromatic heterocycles. The van der Waals surface area contributed by atoms with Gasteiger partial charge in [0.15, 0.2) is 5.65 Å². The summed E-state index contributed by atoms with van der Waals surface area (Å²) in [7, 11) is 3.08. The molecule has 0 radical (unpaired) electrons. The van der Waals surface area contributed by atoms with Crippen LogP contribution < -0.4 is 25.4 Å². The number of hydrogen-bond donors (Lipinski definition) is 2. The number of hydrogen-bond acceptors (Lipinski definition) is 9. The lowest BCUT2D eigenvalue weighted by molar-refractivity contribution is 0.0993. The number of anilines is 2. The Morgan fingerprint density at radius 3 is 2.44 bits per heavy atom. The summed E-state index contributed by atoms with van der Waals surface area (Å²) in [6.45, 7) is 7.30. The number of carbonyl (C=O) groups excluding carboxylic acids is 1. The van der Waals surface area contributed by atoms with Gasteiger partial charge in [-0.3, -0.25) is 25.0 Å². The van der Waals surface area contributed by atoms with E-state index in [-0.39, 0.29) is 17.9 Å². The number of methoxy groups -OCH3 is 2. The number of benzene rings is 2. The van der Waals surface area contributed by atoms with Gasteiger partial charge in [-0.05, 0) is 49.0 Å². The number of pyridine rings is 1. The summed E-state index contributed by atoms with van der Waals surface area (Å²) in [6.07, 6.45) is 0. The van der Waals surface area contributed by atoms with Crippen molar-refractivity contribution < 1.29 is 14.3 Å². The molecule has 2 N–H and O–H groups in total. The Morgan fingerprint density at radius 2 is 1.76 bits per heavy atom. The zero-order valence-corrected chi connectivity index (χ0v) is 23.9. The second-order valence-electron chi connectivity index (χ2n) is 9.88. The first-order chi connectivity index (χ1) is 19.9. The van der Waals surface area contributed by atoms with Crippen LogP contribution >= 0.6 is 11.6 Å². The molecule has 212 valence electrons. The van der Waals surface area contributed by atoms with Crippen molar-refractivity contribution >= 4 is 40.1 Å². The number of nitrogens with one attached hydrogen (secondary N) is 2. The topological polar surface area (TPSA) is 112 Å². The van der Waals surface area contributed by atoms with Gasteiger partial charge in [-0.1, -0.05) is 18.5 Å². The Balaban J connectivity index is 1.33. The fourth-order valence-corrected chi connectivity index (χ4v) is 5.65. The van der Waals surface area contributed by atoms with E-state index in [1.165, 1.54) is 16.3 Å². The van der Waals surface area contributed by atoms with Gasteiger partial charge in [0.25, 0.3) is 0 Å². The summed E-state index contributed by atoms with van der Waals surface area (Å²) in [5.41, 5.74) is 7.55. The number of likely N-dealkylation sites (N-methyl/N-ethyl adjacent to an activating group) is 1. The first-order valence-corrected chi connectivity index (χ1v) is 13.8. The first kappa shape index (κ1) is 26.9. The summed E-state index contributed by atoms with van der Waals surface area (Å²) >= 11 is 6.67. The van der Waals surface area contributed by atoms with E-state index < -0.39 is 0 Å². The normalized spacial score (nSPS) is 15.6. The van der Waals surface area contributed by atoms with E-state index in [0.717, 1.165) is 44.1 Å². The molecule has 0 saturated carbocycles. The van der Waals surface area contributed by atoms with Gasteiger partial charge in [-0.15, -0.1) is 9.89 Å². The van der Waals surface area contributed by atoms with Gasteiger partial charge in [0, 0.05) is 49.1 Å². The van der Waals surface area contributed by atoms with Crippen LogP contribution in [-0.2, 0) is 0 Å². The number of ketones is 1. The molecule has 0 atom stereocenters. The van der Waals surface area contributed by atoms with Crippen molar-refractivity contribution in [3.05, 3.63) is 76.0 Å². The number of halogens is 1. The highest BCUT2D eigenvalue weighted by molar-refractivity contribution is 6.37. The molecule has 1 saturated heterocycles. The minimum Gasteiger partial charge on any atom is -0.497 e. The lowest BCUT2D eigenvalue weighted by Crippen LogP contribution is -2.46. The van der Waals surface area contributed by atoms with Crippen LogP contribution in [0.3, 0.4) is 0 Å². The third-order valence-electron chi connectivity index (χ3n) is 7.63. The number of aliphatic imine (C=N–C) groups is 1. The third kappa shape index (κ3) is 4.81. The first-order valence-electron chi connectivity index (χ1n) is 13.5. The molecule has 4 aromatic rings. The van der Waals surface area contributed by atoms with Crippen molar-refractivity contribution in [1.82, 2.24) is 19.2 Å². The van der Waals surface area contributed by atoms with E-state index in [2.05, 4.69) is 44.4 Å². The fraction of sp³-hybridized carbons (Fsp3) is 0.310. The van der Waals surface area contributed by atoms with Crippen molar-refractivity contribution in [1.29, 1.82) is 5.41 Å². The van der Waals surface area contributed by atoms with Gasteiger partial charge in [-0.2, -0.15) is 0 Å². The number of Topliss-reactive ketones (excluding diaryl/α,β-unsaturated/α-hetero) is 1. The van der Waals surface area contributed by atoms with E-state index in [1.807, 2.05) is 12.1 Å². The molecule has 0 spiro atoms. The van der Waals surface area contributed by atoms with Crippen LogP contribution in [0.4, 0.5) is 11.4 Å². The maximum absolute atomic E-state index is 13.2. The second-order valence-corrected chi connectivity index (χ2v) is 10.3. The third-order valence-corrected chi connectivity index (χ3v) is 8.02. The lowest BCUT2D eigenvalue weighted by Gasteiger charge is -2.35. The highest BCUT2D eigenvalue weighted by Crippen LogP contribution is 2.36. The monoisotopic (exact) mass is 574 g/mol. The number of piperazine rings is 1. The molecule has 2 aliphatic heterocycles. The minimum atomic E-state index is -0.217. The van der Waals surface area contributed by atoms with Gasteiger partial charge in [0.2, 0.25) is 11.4 Å². The summed E-state index contributed by atoms with van der Waals surface area (Å²) in [4.78, 5) is 23.9. The zero-order valence-electron chi connectivity index (χ0n) is 23.1. The Morgan fingerprint density at radius 1 is 1.00 bits per heavy atom. The Kier molecular flexibility index (Phi) is 7.14.